The van der Waals surface area contributed by atoms with E-state index in [1.807, 2.05) is 0 Å². The molecule has 9 nitrogen and oxygen atoms in total. The lowest BCUT2D eigenvalue weighted by atomic mass is 10.2. The van der Waals surface area contributed by atoms with E-state index in [0.717, 1.165) is 0 Å². The second kappa shape index (κ2) is 9.65. The van der Waals surface area contributed by atoms with Crippen molar-refractivity contribution in [2.24, 2.45) is 0 Å². The number of hydrogen-bond acceptors (Lipinski definition) is 9. The zero-order valence-corrected chi connectivity index (χ0v) is 19.0. The Labute approximate surface area is 203 Å². The standard InChI is InChI=1S/C24H19FN6O3S/c25-17-3-1-2-15(8-17)22-28-10-16(11-29-22)23(34)30-18-12-31(13-19(18)32)20-9-14(4-5-26-20)21(33)24-27-6-7-35-24/h1-11,18-19,32H,12-13H2,(H,30,34). The Balaban J connectivity index is 1.25. The number of pyridine rings is 1. The molecule has 5 rings (SSSR count). The van der Waals surface area contributed by atoms with Crippen LogP contribution in [0, 0.1) is 5.82 Å². The maximum Gasteiger partial charge on any atom is 0.254 e. The number of benzene rings is 1. The number of carbonyl (C=O) groups excluding carboxylic acids is 2. The van der Waals surface area contributed by atoms with E-state index in [1.54, 1.807) is 40.7 Å². The molecule has 1 amide bonds. The number of amides is 1. The van der Waals surface area contributed by atoms with Gasteiger partial charge in [-0.05, 0) is 24.3 Å². The summed E-state index contributed by atoms with van der Waals surface area (Å²) in [5.41, 5.74) is 1.16. The van der Waals surface area contributed by atoms with Gasteiger partial charge in [0.1, 0.15) is 11.6 Å². The van der Waals surface area contributed by atoms with Gasteiger partial charge in [0.2, 0.25) is 5.78 Å². The Morgan fingerprint density at radius 3 is 2.60 bits per heavy atom. The molecule has 11 heteroatoms. The molecule has 1 fully saturated rings. The molecule has 1 saturated heterocycles. The molecule has 4 aromatic rings. The van der Waals surface area contributed by atoms with Crippen LogP contribution in [-0.4, -0.2) is 62.0 Å². The highest BCUT2D eigenvalue weighted by molar-refractivity contribution is 7.11. The van der Waals surface area contributed by atoms with Crippen LogP contribution in [0.4, 0.5) is 10.2 Å². The quantitative estimate of drug-likeness (QED) is 0.395. The van der Waals surface area contributed by atoms with Crippen molar-refractivity contribution >= 4 is 28.8 Å². The lowest BCUT2D eigenvalue weighted by Gasteiger charge is -2.18. The molecule has 1 aliphatic heterocycles. The molecule has 2 N–H and O–H groups in total. The summed E-state index contributed by atoms with van der Waals surface area (Å²) in [6.45, 7) is 0.541. The first-order chi connectivity index (χ1) is 17.0. The minimum atomic E-state index is -0.841. The third-order valence-corrected chi connectivity index (χ3v) is 6.33. The third-order valence-electron chi connectivity index (χ3n) is 5.56. The molecule has 0 spiro atoms. The molecule has 0 radical (unpaired) electrons. The van der Waals surface area contributed by atoms with Crippen LogP contribution in [-0.2, 0) is 0 Å². The average molecular weight is 491 g/mol. The van der Waals surface area contributed by atoms with Crippen molar-refractivity contribution in [1.29, 1.82) is 0 Å². The van der Waals surface area contributed by atoms with Gasteiger partial charge in [-0.25, -0.2) is 24.3 Å². The molecule has 35 heavy (non-hydrogen) atoms. The normalized spacial score (nSPS) is 17.4. The van der Waals surface area contributed by atoms with Gasteiger partial charge in [0.05, 0.1) is 17.7 Å². The zero-order valence-electron chi connectivity index (χ0n) is 18.2. The first kappa shape index (κ1) is 22.7. The number of nitrogens with one attached hydrogen (secondary N) is 1. The van der Waals surface area contributed by atoms with E-state index in [0.29, 0.717) is 34.3 Å². The van der Waals surface area contributed by atoms with Gasteiger partial charge in [-0.15, -0.1) is 11.3 Å². The van der Waals surface area contributed by atoms with E-state index in [4.69, 9.17) is 0 Å². The number of rotatable bonds is 6. The molecule has 3 aromatic heterocycles. The van der Waals surface area contributed by atoms with Crippen LogP contribution in [0.15, 0.2) is 66.6 Å². The van der Waals surface area contributed by atoms with Crippen LogP contribution in [0.25, 0.3) is 11.4 Å². The molecule has 2 atom stereocenters. The summed E-state index contributed by atoms with van der Waals surface area (Å²) in [6.07, 6.45) is 4.98. The first-order valence-corrected chi connectivity index (χ1v) is 11.6. The van der Waals surface area contributed by atoms with Gasteiger partial charge in [0.15, 0.2) is 10.8 Å². The van der Waals surface area contributed by atoms with Crippen LogP contribution in [0.3, 0.4) is 0 Å². The van der Waals surface area contributed by atoms with Gasteiger partial charge in [-0.2, -0.15) is 0 Å². The fourth-order valence-corrected chi connectivity index (χ4v) is 4.38. The number of ketones is 1. The monoisotopic (exact) mass is 490 g/mol. The molecule has 0 bridgehead atoms. The zero-order chi connectivity index (χ0) is 24.4. The maximum atomic E-state index is 13.4. The van der Waals surface area contributed by atoms with Crippen molar-refractivity contribution in [3.05, 3.63) is 88.5 Å². The highest BCUT2D eigenvalue weighted by Crippen LogP contribution is 2.22. The minimum Gasteiger partial charge on any atom is -0.389 e. The van der Waals surface area contributed by atoms with E-state index in [2.05, 4.69) is 25.3 Å². The van der Waals surface area contributed by atoms with Crippen molar-refractivity contribution in [1.82, 2.24) is 25.3 Å². The number of halogens is 1. The van der Waals surface area contributed by atoms with Crippen LogP contribution < -0.4 is 10.2 Å². The van der Waals surface area contributed by atoms with Crippen molar-refractivity contribution in [3.63, 3.8) is 0 Å². The SMILES string of the molecule is O=C(NC1CN(c2cc(C(=O)c3nccs3)ccn2)CC1O)c1cnc(-c2cccc(F)c2)nc1. The van der Waals surface area contributed by atoms with Crippen LogP contribution in [0.5, 0.6) is 0 Å². The molecular weight excluding hydrogens is 471 g/mol. The van der Waals surface area contributed by atoms with Crippen LogP contribution in [0.2, 0.25) is 0 Å². The summed E-state index contributed by atoms with van der Waals surface area (Å²) in [7, 11) is 0. The second-order valence-corrected chi connectivity index (χ2v) is 8.82. The molecule has 176 valence electrons. The van der Waals surface area contributed by atoms with Gasteiger partial charge < -0.3 is 15.3 Å². The Morgan fingerprint density at radius 1 is 1.03 bits per heavy atom. The van der Waals surface area contributed by atoms with Crippen molar-refractivity contribution in [3.8, 4) is 11.4 Å². The first-order valence-electron chi connectivity index (χ1n) is 10.7. The largest absolute Gasteiger partial charge is 0.389 e. The Bertz CT molecular complexity index is 1370. The fourth-order valence-electron chi connectivity index (χ4n) is 3.78. The van der Waals surface area contributed by atoms with Crippen LogP contribution >= 0.6 is 11.3 Å². The van der Waals surface area contributed by atoms with E-state index in [9.17, 15) is 19.1 Å². The summed E-state index contributed by atoms with van der Waals surface area (Å²) in [5, 5.41) is 15.5. The summed E-state index contributed by atoms with van der Waals surface area (Å²) in [5.74, 6) is -0.227. The summed E-state index contributed by atoms with van der Waals surface area (Å²) < 4.78 is 13.4. The topological polar surface area (TPSA) is 121 Å². The lowest BCUT2D eigenvalue weighted by molar-refractivity contribution is 0.0887. The minimum absolute atomic E-state index is 0.199. The van der Waals surface area contributed by atoms with E-state index < -0.39 is 23.9 Å². The number of anilines is 1. The predicted molar refractivity (Wildman–Crippen MR) is 127 cm³/mol. The molecule has 0 saturated carbocycles. The Morgan fingerprint density at radius 2 is 1.86 bits per heavy atom. The number of β-amino-alcohol motifs (C(OH)–C–C–N with tert-alkyl or cyclic N) is 1. The van der Waals surface area contributed by atoms with Crippen molar-refractivity contribution in [2.45, 2.75) is 12.1 Å². The number of aromatic nitrogens is 4. The van der Waals surface area contributed by atoms with Gasteiger partial charge in [0, 0.05) is 54.4 Å². The summed E-state index contributed by atoms with van der Waals surface area (Å²) in [6, 6.07) is 8.58. The molecule has 2 unspecified atom stereocenters. The van der Waals surface area contributed by atoms with Crippen molar-refractivity contribution < 1.29 is 19.1 Å². The molecule has 1 aliphatic rings. The van der Waals surface area contributed by atoms with Gasteiger partial charge in [-0.3, -0.25) is 9.59 Å². The summed E-state index contributed by atoms with van der Waals surface area (Å²) in [4.78, 5) is 43.8. The molecular formula is C24H19FN6O3S. The highest BCUT2D eigenvalue weighted by Gasteiger charge is 2.33. The summed E-state index contributed by atoms with van der Waals surface area (Å²) >= 11 is 1.26. The number of aliphatic hydroxyl groups is 1. The molecule has 4 heterocycles. The average Bonchev–Trinajstić information content (AvgIpc) is 3.54. The number of hydrogen-bond donors (Lipinski definition) is 2. The van der Waals surface area contributed by atoms with E-state index in [1.165, 1.54) is 42.1 Å². The highest BCUT2D eigenvalue weighted by atomic mass is 32.1. The number of carbonyl (C=O) groups is 2. The van der Waals surface area contributed by atoms with Gasteiger partial charge in [0.25, 0.3) is 5.91 Å². The van der Waals surface area contributed by atoms with Crippen LogP contribution in [0.1, 0.15) is 25.7 Å². The predicted octanol–water partition coefficient (Wildman–Crippen LogP) is 2.34. The number of aliphatic hydroxyl groups excluding tert-OH is 1. The maximum absolute atomic E-state index is 13.4. The van der Waals surface area contributed by atoms with Crippen molar-refractivity contribution in [2.75, 3.05) is 18.0 Å². The molecule has 1 aromatic carbocycles. The van der Waals surface area contributed by atoms with E-state index >= 15 is 0 Å². The van der Waals surface area contributed by atoms with E-state index in [-0.39, 0.29) is 17.9 Å². The Kier molecular flexibility index (Phi) is 6.25. The Hall–Kier alpha value is -4.09. The second-order valence-electron chi connectivity index (χ2n) is 7.93. The number of thiazole rings is 1. The fraction of sp³-hybridized carbons (Fsp3) is 0.167. The van der Waals surface area contributed by atoms with Gasteiger partial charge in [-0.1, -0.05) is 12.1 Å². The lowest BCUT2D eigenvalue weighted by Crippen LogP contribution is -2.43. The third kappa shape index (κ3) is 4.91. The smallest absolute Gasteiger partial charge is 0.254 e. The number of nitrogens with zero attached hydrogens (tertiary/aromatic N) is 5. The van der Waals surface area contributed by atoms with Gasteiger partial charge >= 0.3 is 0 Å². The molecule has 0 aliphatic carbocycles.